The van der Waals surface area contributed by atoms with Crippen LogP contribution >= 0.6 is 0 Å². The van der Waals surface area contributed by atoms with Gasteiger partial charge < -0.3 is 45.4 Å². The number of amides is 6. The standard InChI is InChI=1S/C46H57F4N7O8/c1-43(2,3)35(53-41(62)64-7)39(60)56-26-45(47,48)22-33(56)37(58)51-30-18-14-28(15-19-30)24-55(32-12-10-9-11-13-32)25-29-16-20-31(21-17-29)52-38(59)34-23-46(49,50)27-57(34)40(61)36(44(4,5)6)54-42(63)65-8/h9-21,33-36H,22-27H2,1-8H3,(H,51,58)(H,52,59)(H,53,62)(H,54,63)/t33-,34-,35+,36+/m0/s1. The van der Waals surface area contributed by atoms with Crippen LogP contribution in [0.3, 0.4) is 0 Å². The molecule has 6 amide bonds. The maximum absolute atomic E-state index is 14.8. The van der Waals surface area contributed by atoms with Crippen LogP contribution in [0.25, 0.3) is 0 Å². The van der Waals surface area contributed by atoms with Gasteiger partial charge in [0, 0.05) is 43.0 Å². The molecule has 0 aliphatic carbocycles. The molecule has 0 bridgehead atoms. The SMILES string of the molecule is COC(=O)N[C@H](C(=O)N1CC(F)(F)C[C@H]1C(=O)Nc1ccc(CN(Cc2ccc(NC(=O)[C@@H]3CC(F)(F)CN3C(=O)[C@@H](NC(=O)OC)C(C)(C)C)cc2)c2ccccc2)cc1)C(C)(C)C. The second-order valence-electron chi connectivity index (χ2n) is 18.5. The topological polar surface area (TPSA) is 179 Å². The van der Waals surface area contributed by atoms with E-state index in [-0.39, 0.29) is 0 Å². The molecule has 3 aromatic rings. The smallest absolute Gasteiger partial charge is 0.407 e. The van der Waals surface area contributed by atoms with Crippen molar-refractivity contribution in [3.63, 3.8) is 0 Å². The van der Waals surface area contributed by atoms with Gasteiger partial charge in [-0.25, -0.2) is 27.2 Å². The van der Waals surface area contributed by atoms with Gasteiger partial charge in [-0.3, -0.25) is 19.2 Å². The molecule has 15 nitrogen and oxygen atoms in total. The molecule has 2 fully saturated rings. The molecular weight excluding hydrogens is 855 g/mol. The molecule has 4 N–H and O–H groups in total. The zero-order valence-electron chi connectivity index (χ0n) is 37.7. The van der Waals surface area contributed by atoms with Gasteiger partial charge in [-0.1, -0.05) is 84.0 Å². The van der Waals surface area contributed by atoms with E-state index in [1.54, 1.807) is 90.1 Å². The van der Waals surface area contributed by atoms with Crippen LogP contribution in [-0.2, 0) is 41.7 Å². The number of nitrogens with one attached hydrogen (secondary N) is 4. The number of alkyl halides is 4. The van der Waals surface area contributed by atoms with Crippen LogP contribution < -0.4 is 26.2 Å². The summed E-state index contributed by atoms with van der Waals surface area (Å²) in [7, 11) is 2.23. The Balaban J connectivity index is 1.26. The van der Waals surface area contributed by atoms with Gasteiger partial charge >= 0.3 is 12.2 Å². The molecule has 0 unspecified atom stereocenters. The number of hydrogen-bond donors (Lipinski definition) is 4. The number of para-hydroxylation sites is 1. The Bertz CT molecular complexity index is 2060. The van der Waals surface area contributed by atoms with E-state index in [1.165, 1.54) is 0 Å². The number of benzene rings is 3. The summed E-state index contributed by atoms with van der Waals surface area (Å²) < 4.78 is 68.4. The van der Waals surface area contributed by atoms with Gasteiger partial charge in [-0.2, -0.15) is 0 Å². The van der Waals surface area contributed by atoms with E-state index in [0.29, 0.717) is 24.5 Å². The highest BCUT2D eigenvalue weighted by molar-refractivity contribution is 6.00. The number of likely N-dealkylation sites (tertiary alicyclic amines) is 2. The molecule has 65 heavy (non-hydrogen) atoms. The Morgan fingerprint density at radius 1 is 0.615 bits per heavy atom. The molecule has 2 heterocycles. The van der Waals surface area contributed by atoms with Crippen LogP contribution in [-0.4, -0.2) is 109 Å². The highest BCUT2D eigenvalue weighted by atomic mass is 19.3. The normalized spacial score (nSPS) is 18.8. The minimum absolute atomic E-state index is 0.311. The van der Waals surface area contributed by atoms with E-state index in [1.807, 2.05) is 30.3 Å². The Hall–Kier alpha value is -6.40. The zero-order chi connectivity index (χ0) is 48.1. The maximum Gasteiger partial charge on any atom is 0.407 e. The molecule has 0 spiro atoms. The molecule has 0 aromatic heterocycles. The third-order valence-corrected chi connectivity index (χ3v) is 11.1. The number of carbonyl (C=O) groups excluding carboxylic acids is 6. The third kappa shape index (κ3) is 12.9. The van der Waals surface area contributed by atoms with Crippen LogP contribution in [0.15, 0.2) is 78.9 Å². The molecule has 0 saturated carbocycles. The van der Waals surface area contributed by atoms with Gasteiger partial charge in [0.05, 0.1) is 27.3 Å². The van der Waals surface area contributed by atoms with E-state index in [2.05, 4.69) is 35.6 Å². The van der Waals surface area contributed by atoms with Crippen molar-refractivity contribution in [2.24, 2.45) is 10.8 Å². The van der Waals surface area contributed by atoms with E-state index in [4.69, 9.17) is 0 Å². The summed E-state index contributed by atoms with van der Waals surface area (Å²) in [5.41, 5.74) is 1.34. The molecule has 0 radical (unpaired) electrons. The first-order valence-corrected chi connectivity index (χ1v) is 21.0. The van der Waals surface area contributed by atoms with E-state index >= 15 is 0 Å². The average molecular weight is 912 g/mol. The predicted octanol–water partition coefficient (Wildman–Crippen LogP) is 6.78. The number of ether oxygens (including phenoxy) is 2. The van der Waals surface area contributed by atoms with Gasteiger partial charge in [0.2, 0.25) is 23.6 Å². The highest BCUT2D eigenvalue weighted by Crippen LogP contribution is 2.37. The number of halogens is 4. The Morgan fingerprint density at radius 3 is 1.29 bits per heavy atom. The van der Waals surface area contributed by atoms with Crippen molar-refractivity contribution < 1.29 is 55.8 Å². The van der Waals surface area contributed by atoms with Crippen molar-refractivity contribution in [1.29, 1.82) is 0 Å². The van der Waals surface area contributed by atoms with Gasteiger partial charge in [0.1, 0.15) is 24.2 Å². The van der Waals surface area contributed by atoms with Gasteiger partial charge in [-0.05, 0) is 58.4 Å². The fraction of sp³-hybridized carbons (Fsp3) is 0.478. The second kappa shape index (κ2) is 19.8. The van der Waals surface area contributed by atoms with Gasteiger partial charge in [0.25, 0.3) is 11.8 Å². The summed E-state index contributed by atoms with van der Waals surface area (Å²) in [5.74, 6) is -9.98. The summed E-state index contributed by atoms with van der Waals surface area (Å²) in [6.07, 6.45) is -3.63. The molecule has 5 rings (SSSR count). The van der Waals surface area contributed by atoms with Gasteiger partial charge in [-0.15, -0.1) is 0 Å². The summed E-state index contributed by atoms with van der Waals surface area (Å²) in [6, 6.07) is 17.5. The second-order valence-corrected chi connectivity index (χ2v) is 18.5. The zero-order valence-corrected chi connectivity index (χ0v) is 37.7. The fourth-order valence-electron chi connectivity index (χ4n) is 7.70. The van der Waals surface area contributed by atoms with E-state index in [0.717, 1.165) is 40.8 Å². The van der Waals surface area contributed by atoms with E-state index < -0.39 is 109 Å². The Kier molecular flexibility index (Phi) is 15.1. The lowest BCUT2D eigenvalue weighted by Gasteiger charge is -2.34. The quantitative estimate of drug-likeness (QED) is 0.135. The highest BCUT2D eigenvalue weighted by Gasteiger charge is 2.54. The molecule has 19 heteroatoms. The van der Waals surface area contributed by atoms with Crippen molar-refractivity contribution in [2.75, 3.05) is 42.8 Å². The molecule has 4 atom stereocenters. The predicted molar refractivity (Wildman–Crippen MR) is 234 cm³/mol. The number of methoxy groups -OCH3 is 2. The first-order valence-electron chi connectivity index (χ1n) is 21.0. The number of anilines is 3. The van der Waals surface area contributed by atoms with E-state index in [9.17, 15) is 46.3 Å². The van der Waals surface area contributed by atoms with Crippen LogP contribution in [0.2, 0.25) is 0 Å². The number of alkyl carbamates (subject to hydrolysis) is 2. The maximum atomic E-state index is 14.8. The lowest BCUT2D eigenvalue weighted by molar-refractivity contribution is -0.141. The van der Waals surface area contributed by atoms with Crippen molar-refractivity contribution >= 4 is 52.9 Å². The van der Waals surface area contributed by atoms with Crippen molar-refractivity contribution in [1.82, 2.24) is 20.4 Å². The number of hydrogen-bond acceptors (Lipinski definition) is 9. The third-order valence-electron chi connectivity index (χ3n) is 11.1. The summed E-state index contributed by atoms with van der Waals surface area (Å²) in [6.45, 7) is 8.69. The lowest BCUT2D eigenvalue weighted by atomic mass is 9.85. The van der Waals surface area contributed by atoms with Crippen LogP contribution in [0.5, 0.6) is 0 Å². The molecule has 2 saturated heterocycles. The van der Waals surface area contributed by atoms with Gasteiger partial charge in [0.15, 0.2) is 0 Å². The number of nitrogens with zero attached hydrogens (tertiary/aromatic N) is 3. The summed E-state index contributed by atoms with van der Waals surface area (Å²) >= 11 is 0. The van der Waals surface area contributed by atoms with Crippen molar-refractivity contribution in [3.8, 4) is 0 Å². The molecule has 352 valence electrons. The number of carbonyl (C=O) groups is 6. The van der Waals surface area contributed by atoms with Crippen LogP contribution in [0.4, 0.5) is 44.2 Å². The Morgan fingerprint density at radius 2 is 0.969 bits per heavy atom. The number of rotatable bonds is 13. The molecular formula is C46H57F4N7O8. The van der Waals surface area contributed by atoms with Crippen LogP contribution in [0.1, 0.15) is 65.5 Å². The lowest BCUT2D eigenvalue weighted by Crippen LogP contribution is -2.57. The summed E-state index contributed by atoms with van der Waals surface area (Å²) in [5, 5.41) is 10.1. The first kappa shape index (κ1) is 49.6. The average Bonchev–Trinajstić information content (AvgIpc) is 3.76. The summed E-state index contributed by atoms with van der Waals surface area (Å²) in [4.78, 5) is 81.9. The van der Waals surface area contributed by atoms with Crippen molar-refractivity contribution in [3.05, 3.63) is 90.0 Å². The molecule has 2 aliphatic rings. The Labute approximate surface area is 375 Å². The van der Waals surface area contributed by atoms with Crippen LogP contribution in [0, 0.1) is 10.8 Å². The first-order chi connectivity index (χ1) is 30.3. The minimum atomic E-state index is -3.34. The fourth-order valence-corrected chi connectivity index (χ4v) is 7.70. The molecule has 2 aliphatic heterocycles. The monoisotopic (exact) mass is 911 g/mol. The minimum Gasteiger partial charge on any atom is -0.453 e. The largest absolute Gasteiger partial charge is 0.453 e. The molecule has 3 aromatic carbocycles. The van der Waals surface area contributed by atoms with Crippen molar-refractivity contribution in [2.45, 2.75) is 103 Å².